The maximum absolute atomic E-state index is 9.02. The van der Waals surface area contributed by atoms with Crippen LogP contribution in [0.5, 0.6) is 5.75 Å². The molecule has 0 aromatic heterocycles. The molecule has 0 aliphatic heterocycles. The van der Waals surface area contributed by atoms with E-state index in [1.165, 1.54) is 5.56 Å². The molecule has 0 saturated carbocycles. The van der Waals surface area contributed by atoms with Gasteiger partial charge in [-0.1, -0.05) is 90.9 Å². The second-order valence-corrected chi connectivity index (χ2v) is 6.18. The van der Waals surface area contributed by atoms with Crippen LogP contribution in [0.15, 0.2) is 48.5 Å². The molecule has 136 valence electrons. The van der Waals surface area contributed by atoms with Gasteiger partial charge < -0.3 is 4.74 Å². The van der Waals surface area contributed by atoms with Crippen LogP contribution in [0, 0.1) is 11.3 Å². The Hall–Kier alpha value is -2.27. The Morgan fingerprint density at radius 1 is 0.920 bits per heavy atom. The van der Waals surface area contributed by atoms with Crippen molar-refractivity contribution in [2.24, 2.45) is 0 Å². The van der Waals surface area contributed by atoms with Crippen molar-refractivity contribution >= 4 is 0 Å². The molecule has 2 aromatic rings. The smallest absolute Gasteiger partial charge is 0.124 e. The van der Waals surface area contributed by atoms with Gasteiger partial charge in [0.25, 0.3) is 0 Å². The lowest BCUT2D eigenvalue weighted by Gasteiger charge is -2.21. The van der Waals surface area contributed by atoms with Gasteiger partial charge in [-0.3, -0.25) is 0 Å². The highest BCUT2D eigenvalue weighted by molar-refractivity contribution is 5.41. The Kier molecular flexibility index (Phi) is 11.0. The van der Waals surface area contributed by atoms with Gasteiger partial charge in [0.15, 0.2) is 0 Å². The molecule has 0 N–H and O–H groups in total. The maximum atomic E-state index is 9.02. The summed E-state index contributed by atoms with van der Waals surface area (Å²) in [7, 11) is 0. The molecule has 2 heteroatoms. The highest BCUT2D eigenvalue weighted by Gasteiger charge is 2.16. The van der Waals surface area contributed by atoms with Crippen LogP contribution in [0.2, 0.25) is 0 Å². The Bertz CT molecular complexity index is 633. The van der Waals surface area contributed by atoms with Crippen molar-refractivity contribution in [3.05, 3.63) is 65.2 Å². The fourth-order valence-electron chi connectivity index (χ4n) is 2.15. The number of rotatable bonds is 4. The Morgan fingerprint density at radius 2 is 1.52 bits per heavy atom. The highest BCUT2D eigenvalue weighted by atomic mass is 16.5. The quantitative estimate of drug-likeness (QED) is 0.622. The van der Waals surface area contributed by atoms with Gasteiger partial charge in [0, 0.05) is 5.56 Å². The monoisotopic (exact) mass is 339 g/mol. The minimum Gasteiger partial charge on any atom is -0.489 e. The van der Waals surface area contributed by atoms with E-state index in [2.05, 4.69) is 39.0 Å². The van der Waals surface area contributed by atoms with E-state index in [1.807, 2.05) is 64.1 Å². The van der Waals surface area contributed by atoms with E-state index in [4.69, 9.17) is 10.00 Å². The number of benzene rings is 2. The third kappa shape index (κ3) is 7.90. The third-order valence-corrected chi connectivity index (χ3v) is 3.43. The Morgan fingerprint density at radius 3 is 2.04 bits per heavy atom. The SMILES string of the molecule is CC.CC.CC(C)(C)c1ccc(OCc2ccccc2)c(CC#N)c1. The van der Waals surface area contributed by atoms with E-state index in [-0.39, 0.29) is 5.41 Å². The number of nitrogens with zero attached hydrogens (tertiary/aromatic N) is 1. The van der Waals surface area contributed by atoms with E-state index in [9.17, 15) is 0 Å². The first-order valence-electron chi connectivity index (χ1n) is 9.18. The summed E-state index contributed by atoms with van der Waals surface area (Å²) in [5.41, 5.74) is 3.38. The molecule has 25 heavy (non-hydrogen) atoms. The number of hydrogen-bond acceptors (Lipinski definition) is 2. The lowest BCUT2D eigenvalue weighted by molar-refractivity contribution is 0.303. The predicted octanol–water partition coefficient (Wildman–Crippen LogP) is 6.68. The zero-order valence-electron chi connectivity index (χ0n) is 16.9. The largest absolute Gasteiger partial charge is 0.489 e. The van der Waals surface area contributed by atoms with Crippen LogP contribution in [-0.4, -0.2) is 0 Å². The van der Waals surface area contributed by atoms with E-state index >= 15 is 0 Å². The van der Waals surface area contributed by atoms with Gasteiger partial charge >= 0.3 is 0 Å². The average Bonchev–Trinajstić information content (AvgIpc) is 2.64. The predicted molar refractivity (Wildman–Crippen MR) is 108 cm³/mol. The van der Waals surface area contributed by atoms with Crippen molar-refractivity contribution in [3.63, 3.8) is 0 Å². The summed E-state index contributed by atoms with van der Waals surface area (Å²) in [6, 6.07) is 18.4. The third-order valence-electron chi connectivity index (χ3n) is 3.43. The number of ether oxygens (including phenoxy) is 1. The van der Waals surface area contributed by atoms with Gasteiger partial charge in [-0.05, 0) is 22.6 Å². The lowest BCUT2D eigenvalue weighted by Crippen LogP contribution is -2.11. The molecule has 0 bridgehead atoms. The Labute approximate surface area is 154 Å². The van der Waals surface area contributed by atoms with E-state index in [1.54, 1.807) is 0 Å². The van der Waals surface area contributed by atoms with Gasteiger partial charge in [-0.2, -0.15) is 5.26 Å². The molecule has 0 aliphatic rings. The van der Waals surface area contributed by atoms with Crippen molar-refractivity contribution in [2.45, 2.75) is 66.9 Å². The summed E-state index contributed by atoms with van der Waals surface area (Å²) >= 11 is 0. The molecular weight excluding hydrogens is 306 g/mol. The summed E-state index contributed by atoms with van der Waals surface area (Å²) in [6.07, 6.45) is 0.369. The number of nitriles is 1. The van der Waals surface area contributed by atoms with Crippen molar-refractivity contribution in [3.8, 4) is 11.8 Å². The molecule has 2 aromatic carbocycles. The molecule has 0 radical (unpaired) electrons. The first-order valence-corrected chi connectivity index (χ1v) is 9.18. The highest BCUT2D eigenvalue weighted by Crippen LogP contribution is 2.28. The van der Waals surface area contributed by atoms with Crippen LogP contribution in [0.25, 0.3) is 0 Å². The molecule has 0 amide bonds. The van der Waals surface area contributed by atoms with Crippen molar-refractivity contribution in [2.75, 3.05) is 0 Å². The number of hydrogen-bond donors (Lipinski definition) is 0. The summed E-state index contributed by atoms with van der Waals surface area (Å²) in [5.74, 6) is 0.799. The molecule has 0 fully saturated rings. The zero-order chi connectivity index (χ0) is 19.3. The minimum absolute atomic E-state index is 0.0716. The van der Waals surface area contributed by atoms with Crippen LogP contribution in [0.4, 0.5) is 0 Å². The van der Waals surface area contributed by atoms with Gasteiger partial charge in [-0.25, -0.2) is 0 Å². The minimum atomic E-state index is 0.0716. The molecule has 0 saturated heterocycles. The topological polar surface area (TPSA) is 33.0 Å². The van der Waals surface area contributed by atoms with Gasteiger partial charge in [0.1, 0.15) is 12.4 Å². The molecule has 0 unspecified atom stereocenters. The molecule has 0 atom stereocenters. The fourth-order valence-corrected chi connectivity index (χ4v) is 2.15. The van der Waals surface area contributed by atoms with Crippen LogP contribution in [0.1, 0.15) is 65.2 Å². The lowest BCUT2D eigenvalue weighted by atomic mass is 9.86. The van der Waals surface area contributed by atoms with Crippen molar-refractivity contribution in [1.82, 2.24) is 0 Å². The van der Waals surface area contributed by atoms with Crippen LogP contribution < -0.4 is 4.74 Å². The second kappa shape index (κ2) is 12.1. The first-order chi connectivity index (χ1) is 12.0. The summed E-state index contributed by atoms with van der Waals surface area (Å²) in [5, 5.41) is 9.02. The maximum Gasteiger partial charge on any atom is 0.124 e. The molecule has 0 aliphatic carbocycles. The molecule has 2 nitrogen and oxygen atoms in total. The zero-order valence-corrected chi connectivity index (χ0v) is 16.9. The van der Waals surface area contributed by atoms with Gasteiger partial charge in [0.05, 0.1) is 12.5 Å². The summed E-state index contributed by atoms with van der Waals surface area (Å²) in [6.45, 7) is 15.0. The van der Waals surface area contributed by atoms with Crippen LogP contribution >= 0.6 is 0 Å². The van der Waals surface area contributed by atoms with Gasteiger partial charge in [0.2, 0.25) is 0 Å². The van der Waals surface area contributed by atoms with E-state index in [0.29, 0.717) is 13.0 Å². The van der Waals surface area contributed by atoms with Crippen molar-refractivity contribution < 1.29 is 4.74 Å². The molecule has 2 rings (SSSR count). The standard InChI is InChI=1S/C19H21NO.2C2H6/c1-19(2,3)17-9-10-18(16(13-17)11-12-20)21-14-15-7-5-4-6-8-15;2*1-2/h4-10,13H,11,14H2,1-3H3;2*1-2H3. The molecule has 0 heterocycles. The van der Waals surface area contributed by atoms with Crippen molar-refractivity contribution in [1.29, 1.82) is 5.26 Å². The Balaban J connectivity index is 0.00000134. The first kappa shape index (κ1) is 22.7. The van der Waals surface area contributed by atoms with E-state index in [0.717, 1.165) is 16.9 Å². The van der Waals surface area contributed by atoms with Crippen LogP contribution in [0.3, 0.4) is 0 Å². The summed E-state index contributed by atoms with van der Waals surface area (Å²) in [4.78, 5) is 0. The normalized spacial score (nSPS) is 9.68. The van der Waals surface area contributed by atoms with E-state index < -0.39 is 0 Å². The summed E-state index contributed by atoms with van der Waals surface area (Å²) < 4.78 is 5.89. The molecular formula is C23H33NO. The average molecular weight is 340 g/mol. The van der Waals surface area contributed by atoms with Gasteiger partial charge in [-0.15, -0.1) is 0 Å². The second-order valence-electron chi connectivity index (χ2n) is 6.18. The van der Waals surface area contributed by atoms with Crippen LogP contribution in [-0.2, 0) is 18.4 Å². The molecule has 0 spiro atoms. The fraction of sp³-hybridized carbons (Fsp3) is 0.435.